The lowest BCUT2D eigenvalue weighted by Crippen LogP contribution is -2.38. The third-order valence-corrected chi connectivity index (χ3v) is 7.19. The molecule has 20 heavy (non-hydrogen) atoms. The Kier molecular flexibility index (Phi) is 3.33. The second kappa shape index (κ2) is 4.67. The van der Waals surface area contributed by atoms with E-state index in [9.17, 15) is 4.79 Å². The van der Waals surface area contributed by atoms with E-state index in [0.717, 1.165) is 17.2 Å². The summed E-state index contributed by atoms with van der Waals surface area (Å²) in [4.78, 5) is 14.2. The maximum absolute atomic E-state index is 12.2. The van der Waals surface area contributed by atoms with Gasteiger partial charge in [0, 0.05) is 4.88 Å². The summed E-state index contributed by atoms with van der Waals surface area (Å²) in [6.07, 6.45) is 3.94. The van der Waals surface area contributed by atoms with Crippen molar-refractivity contribution in [3.8, 4) is 0 Å². The molecule has 0 saturated heterocycles. The van der Waals surface area contributed by atoms with E-state index < -0.39 is 0 Å². The van der Waals surface area contributed by atoms with E-state index in [1.54, 1.807) is 11.3 Å². The molecular weight excluding hydrogens is 268 g/mol. The lowest BCUT2D eigenvalue weighted by Gasteiger charge is -2.38. The molecule has 1 heterocycles. The summed E-state index contributed by atoms with van der Waals surface area (Å²) in [5.74, 6) is 0.892. The van der Waals surface area contributed by atoms with E-state index in [4.69, 9.17) is 4.74 Å². The van der Waals surface area contributed by atoms with Crippen molar-refractivity contribution in [2.75, 3.05) is 6.61 Å². The first kappa shape index (κ1) is 14.3. The molecule has 3 atom stereocenters. The minimum absolute atomic E-state index is 0.132. The standard InChI is InChI=1S/C17H24O2S/c1-11-5-6-14(20-11)13(18)10-19-15-9-12-7-8-17(15,4)16(12,2)3/h5-6,12,15H,7-10H2,1-4H3. The van der Waals surface area contributed by atoms with Gasteiger partial charge in [-0.15, -0.1) is 11.3 Å². The lowest BCUT2D eigenvalue weighted by atomic mass is 9.70. The average Bonchev–Trinajstić information content (AvgIpc) is 2.97. The quantitative estimate of drug-likeness (QED) is 0.765. The Balaban J connectivity index is 1.64. The fourth-order valence-corrected chi connectivity index (χ4v) is 5.01. The van der Waals surface area contributed by atoms with Crippen LogP contribution in [0.3, 0.4) is 0 Å². The largest absolute Gasteiger partial charge is 0.369 e. The van der Waals surface area contributed by atoms with Crippen LogP contribution in [0, 0.1) is 23.7 Å². The Hall–Kier alpha value is -0.670. The van der Waals surface area contributed by atoms with Gasteiger partial charge in [0.1, 0.15) is 6.61 Å². The second-order valence-electron chi connectivity index (χ2n) is 7.24. The molecule has 1 aromatic rings. The van der Waals surface area contributed by atoms with Crippen molar-refractivity contribution in [3.63, 3.8) is 0 Å². The molecule has 2 fully saturated rings. The van der Waals surface area contributed by atoms with Crippen LogP contribution in [0.25, 0.3) is 0 Å². The minimum atomic E-state index is 0.132. The molecule has 0 aromatic carbocycles. The number of fused-ring (bicyclic) bond motifs is 2. The summed E-state index contributed by atoms with van der Waals surface area (Å²) >= 11 is 1.56. The predicted molar refractivity (Wildman–Crippen MR) is 82.4 cm³/mol. The molecule has 0 amide bonds. The monoisotopic (exact) mass is 292 g/mol. The van der Waals surface area contributed by atoms with Gasteiger partial charge in [-0.3, -0.25) is 4.79 Å². The molecule has 0 radical (unpaired) electrons. The molecule has 2 aliphatic rings. The fraction of sp³-hybridized carbons (Fsp3) is 0.706. The molecule has 2 saturated carbocycles. The van der Waals surface area contributed by atoms with Crippen molar-refractivity contribution < 1.29 is 9.53 Å². The van der Waals surface area contributed by atoms with Gasteiger partial charge in [0.05, 0.1) is 11.0 Å². The highest BCUT2D eigenvalue weighted by Crippen LogP contribution is 2.66. The van der Waals surface area contributed by atoms with Gasteiger partial charge in [0.25, 0.3) is 0 Å². The van der Waals surface area contributed by atoms with E-state index in [0.29, 0.717) is 5.41 Å². The highest BCUT2D eigenvalue weighted by molar-refractivity contribution is 7.14. The van der Waals surface area contributed by atoms with Crippen LogP contribution < -0.4 is 0 Å². The zero-order valence-electron chi connectivity index (χ0n) is 12.9. The number of aryl methyl sites for hydroxylation is 1. The first-order chi connectivity index (χ1) is 9.34. The van der Waals surface area contributed by atoms with Crippen LogP contribution in [-0.2, 0) is 4.74 Å². The second-order valence-corrected chi connectivity index (χ2v) is 8.53. The number of ether oxygens (including phenoxy) is 1. The van der Waals surface area contributed by atoms with Crippen molar-refractivity contribution in [1.82, 2.24) is 0 Å². The molecule has 2 nitrogen and oxygen atoms in total. The summed E-state index contributed by atoms with van der Waals surface area (Å²) in [6, 6.07) is 3.91. The van der Waals surface area contributed by atoms with Gasteiger partial charge < -0.3 is 4.74 Å². The Bertz CT molecular complexity index is 531. The van der Waals surface area contributed by atoms with Crippen molar-refractivity contribution in [1.29, 1.82) is 0 Å². The Morgan fingerprint density at radius 1 is 1.40 bits per heavy atom. The molecule has 110 valence electrons. The van der Waals surface area contributed by atoms with Crippen LogP contribution in [-0.4, -0.2) is 18.5 Å². The number of carbonyl (C=O) groups excluding carboxylic acids is 1. The highest BCUT2D eigenvalue weighted by Gasteiger charge is 2.61. The van der Waals surface area contributed by atoms with E-state index in [1.807, 2.05) is 19.1 Å². The van der Waals surface area contributed by atoms with Crippen LogP contribution in [0.2, 0.25) is 0 Å². The third kappa shape index (κ3) is 1.98. The zero-order chi connectivity index (χ0) is 14.5. The third-order valence-electron chi connectivity index (χ3n) is 6.14. The number of thiophene rings is 1. The summed E-state index contributed by atoms with van der Waals surface area (Å²) in [6.45, 7) is 9.37. The van der Waals surface area contributed by atoms with Gasteiger partial charge in [-0.1, -0.05) is 20.8 Å². The van der Waals surface area contributed by atoms with Crippen LogP contribution >= 0.6 is 11.3 Å². The lowest BCUT2D eigenvalue weighted by molar-refractivity contribution is -0.0389. The van der Waals surface area contributed by atoms with Crippen LogP contribution in [0.1, 0.15) is 54.6 Å². The fourth-order valence-electron chi connectivity index (χ4n) is 4.21. The predicted octanol–water partition coefficient (Wildman–Crippen LogP) is 4.47. The molecule has 0 N–H and O–H groups in total. The topological polar surface area (TPSA) is 26.3 Å². The molecule has 1 aromatic heterocycles. The smallest absolute Gasteiger partial charge is 0.198 e. The zero-order valence-corrected chi connectivity index (χ0v) is 13.7. The number of hydrogen-bond donors (Lipinski definition) is 0. The highest BCUT2D eigenvalue weighted by atomic mass is 32.1. The minimum Gasteiger partial charge on any atom is -0.369 e. The Morgan fingerprint density at radius 2 is 2.15 bits per heavy atom. The summed E-state index contributed by atoms with van der Waals surface area (Å²) < 4.78 is 6.06. The average molecular weight is 292 g/mol. The summed E-state index contributed by atoms with van der Waals surface area (Å²) in [7, 11) is 0. The van der Waals surface area contributed by atoms with Crippen molar-refractivity contribution in [2.45, 2.75) is 53.1 Å². The van der Waals surface area contributed by atoms with Crippen molar-refractivity contribution in [3.05, 3.63) is 21.9 Å². The Labute approximate surface area is 125 Å². The van der Waals surface area contributed by atoms with Crippen molar-refractivity contribution >= 4 is 17.1 Å². The van der Waals surface area contributed by atoms with E-state index in [-0.39, 0.29) is 23.9 Å². The van der Waals surface area contributed by atoms with Gasteiger partial charge >= 0.3 is 0 Å². The first-order valence-electron chi connectivity index (χ1n) is 7.56. The molecule has 3 heteroatoms. The van der Waals surface area contributed by atoms with Gasteiger partial charge in [0.2, 0.25) is 0 Å². The van der Waals surface area contributed by atoms with E-state index in [1.165, 1.54) is 17.7 Å². The maximum atomic E-state index is 12.2. The molecule has 0 aliphatic heterocycles. The maximum Gasteiger partial charge on any atom is 0.198 e. The summed E-state index contributed by atoms with van der Waals surface area (Å²) in [5, 5.41) is 0. The molecule has 2 aliphatic carbocycles. The molecule has 3 rings (SSSR count). The summed E-state index contributed by atoms with van der Waals surface area (Å²) in [5.41, 5.74) is 0.587. The SMILES string of the molecule is Cc1ccc(C(=O)COC2CC3CCC2(C)C3(C)C)s1. The normalized spacial score (nSPS) is 34.6. The van der Waals surface area contributed by atoms with Crippen LogP contribution in [0.15, 0.2) is 12.1 Å². The number of ketones is 1. The van der Waals surface area contributed by atoms with Crippen LogP contribution in [0.5, 0.6) is 0 Å². The van der Waals surface area contributed by atoms with Crippen molar-refractivity contribution in [2.24, 2.45) is 16.7 Å². The van der Waals surface area contributed by atoms with E-state index in [2.05, 4.69) is 20.8 Å². The van der Waals surface area contributed by atoms with Crippen LogP contribution in [0.4, 0.5) is 0 Å². The number of carbonyl (C=O) groups is 1. The number of hydrogen-bond acceptors (Lipinski definition) is 3. The Morgan fingerprint density at radius 3 is 2.65 bits per heavy atom. The molecule has 2 bridgehead atoms. The van der Waals surface area contributed by atoms with E-state index >= 15 is 0 Å². The molecular formula is C17H24O2S. The molecule has 3 unspecified atom stereocenters. The van der Waals surface area contributed by atoms with Gasteiger partial charge in [-0.2, -0.15) is 0 Å². The van der Waals surface area contributed by atoms with Gasteiger partial charge in [-0.05, 0) is 55.1 Å². The number of Topliss-reactive ketones (excluding diaryl/α,β-unsaturated/α-hetero) is 1. The van der Waals surface area contributed by atoms with Gasteiger partial charge in [0.15, 0.2) is 5.78 Å². The van der Waals surface area contributed by atoms with Gasteiger partial charge in [-0.25, -0.2) is 0 Å². The number of rotatable bonds is 4. The molecule has 0 spiro atoms. The first-order valence-corrected chi connectivity index (χ1v) is 8.37.